The Labute approximate surface area is 128 Å². The van der Waals surface area contributed by atoms with Crippen molar-refractivity contribution in [3.05, 3.63) is 29.3 Å². The minimum atomic E-state index is 0.0922. The summed E-state index contributed by atoms with van der Waals surface area (Å²) in [6, 6.07) is 6.39. The summed E-state index contributed by atoms with van der Waals surface area (Å²) in [4.78, 5) is 0. The normalized spacial score (nSPS) is 19.1. The lowest BCUT2D eigenvalue weighted by Crippen LogP contribution is -2.12. The van der Waals surface area contributed by atoms with Crippen LogP contribution in [0.2, 0.25) is 0 Å². The van der Waals surface area contributed by atoms with Gasteiger partial charge >= 0.3 is 0 Å². The average molecular weight is 295 g/mol. The highest BCUT2D eigenvalue weighted by molar-refractivity contribution is 6.21. The molecular formula is C18H27ClO. The predicted molar refractivity (Wildman–Crippen MR) is 86.8 cm³/mol. The zero-order chi connectivity index (χ0) is 14.4. The minimum Gasteiger partial charge on any atom is -0.494 e. The smallest absolute Gasteiger partial charge is 0.123 e. The molecule has 0 bridgehead atoms. The Morgan fingerprint density at radius 3 is 2.45 bits per heavy atom. The molecule has 1 aliphatic rings. The van der Waals surface area contributed by atoms with Gasteiger partial charge in [-0.2, -0.15) is 0 Å². The summed E-state index contributed by atoms with van der Waals surface area (Å²) in [5.74, 6) is 1.57. The number of aryl methyl sites for hydroxylation is 1. The Balaban J connectivity index is 2.17. The van der Waals surface area contributed by atoms with Gasteiger partial charge < -0.3 is 4.74 Å². The summed E-state index contributed by atoms with van der Waals surface area (Å²) in [6.07, 6.45) is 9.29. The SMILES string of the molecule is CCOc1ccc(C)cc1C(Cl)C1CCCCCCC1. The fourth-order valence-electron chi connectivity index (χ4n) is 3.20. The molecule has 0 radical (unpaired) electrons. The van der Waals surface area contributed by atoms with Crippen LogP contribution < -0.4 is 4.74 Å². The number of alkyl halides is 1. The van der Waals surface area contributed by atoms with Crippen molar-refractivity contribution < 1.29 is 4.74 Å². The van der Waals surface area contributed by atoms with E-state index in [9.17, 15) is 0 Å². The number of rotatable bonds is 4. The summed E-state index contributed by atoms with van der Waals surface area (Å²) in [6.45, 7) is 4.86. The van der Waals surface area contributed by atoms with Gasteiger partial charge in [0, 0.05) is 5.56 Å². The van der Waals surface area contributed by atoms with Crippen molar-refractivity contribution in [3.8, 4) is 5.75 Å². The van der Waals surface area contributed by atoms with Crippen LogP contribution >= 0.6 is 11.6 Å². The standard InChI is InChI=1S/C18H27ClO/c1-3-20-17-12-11-14(2)13-16(17)18(19)15-9-7-5-4-6-8-10-15/h11-13,15,18H,3-10H2,1-2H3. The van der Waals surface area contributed by atoms with E-state index in [0.29, 0.717) is 12.5 Å². The minimum absolute atomic E-state index is 0.0922. The van der Waals surface area contributed by atoms with Gasteiger partial charge in [0.15, 0.2) is 0 Å². The van der Waals surface area contributed by atoms with Crippen molar-refractivity contribution in [2.24, 2.45) is 5.92 Å². The van der Waals surface area contributed by atoms with Gasteiger partial charge in [-0.25, -0.2) is 0 Å². The predicted octanol–water partition coefficient (Wildman–Crippen LogP) is 6.03. The first-order chi connectivity index (χ1) is 9.72. The molecule has 112 valence electrons. The molecule has 2 rings (SSSR count). The van der Waals surface area contributed by atoms with Crippen LogP contribution in [0.1, 0.15) is 68.4 Å². The quantitative estimate of drug-likeness (QED) is 0.616. The van der Waals surface area contributed by atoms with E-state index in [1.54, 1.807) is 0 Å². The van der Waals surface area contributed by atoms with Gasteiger partial charge in [-0.3, -0.25) is 0 Å². The third kappa shape index (κ3) is 4.15. The largest absolute Gasteiger partial charge is 0.494 e. The second-order valence-electron chi connectivity index (χ2n) is 5.98. The Morgan fingerprint density at radius 1 is 1.15 bits per heavy atom. The fourth-order valence-corrected chi connectivity index (χ4v) is 3.63. The van der Waals surface area contributed by atoms with Crippen LogP contribution in [0.25, 0.3) is 0 Å². The zero-order valence-corrected chi connectivity index (χ0v) is 13.6. The van der Waals surface area contributed by atoms with Crippen molar-refractivity contribution in [1.82, 2.24) is 0 Å². The topological polar surface area (TPSA) is 9.23 Å². The molecule has 1 fully saturated rings. The number of halogens is 1. The summed E-state index contributed by atoms with van der Waals surface area (Å²) in [7, 11) is 0. The number of hydrogen-bond acceptors (Lipinski definition) is 1. The summed E-state index contributed by atoms with van der Waals surface area (Å²) in [5.41, 5.74) is 2.46. The van der Waals surface area contributed by atoms with Crippen LogP contribution in [0.3, 0.4) is 0 Å². The Hall–Kier alpha value is -0.690. The molecule has 1 unspecified atom stereocenters. The molecule has 1 nitrogen and oxygen atoms in total. The lowest BCUT2D eigenvalue weighted by molar-refractivity contribution is 0.325. The van der Waals surface area contributed by atoms with E-state index in [4.69, 9.17) is 16.3 Å². The monoisotopic (exact) mass is 294 g/mol. The van der Waals surface area contributed by atoms with Crippen molar-refractivity contribution in [1.29, 1.82) is 0 Å². The summed E-state index contributed by atoms with van der Waals surface area (Å²) in [5, 5.41) is 0.0922. The van der Waals surface area contributed by atoms with Crippen molar-refractivity contribution in [2.75, 3.05) is 6.61 Å². The highest BCUT2D eigenvalue weighted by atomic mass is 35.5. The summed E-state index contributed by atoms with van der Waals surface area (Å²) >= 11 is 6.84. The van der Waals surface area contributed by atoms with E-state index in [1.807, 2.05) is 6.92 Å². The van der Waals surface area contributed by atoms with Gasteiger partial charge in [0.25, 0.3) is 0 Å². The van der Waals surface area contributed by atoms with Gasteiger partial charge in [-0.05, 0) is 38.7 Å². The number of hydrogen-bond donors (Lipinski definition) is 0. The molecule has 1 aromatic carbocycles. The van der Waals surface area contributed by atoms with Crippen LogP contribution in [0.4, 0.5) is 0 Å². The van der Waals surface area contributed by atoms with E-state index in [1.165, 1.54) is 56.1 Å². The molecule has 1 aromatic rings. The molecular weight excluding hydrogens is 268 g/mol. The van der Waals surface area contributed by atoms with Crippen LogP contribution in [-0.2, 0) is 0 Å². The molecule has 0 spiro atoms. The molecule has 0 heterocycles. The Bertz CT molecular complexity index is 408. The zero-order valence-electron chi connectivity index (χ0n) is 12.8. The average Bonchev–Trinajstić information content (AvgIpc) is 2.40. The van der Waals surface area contributed by atoms with Gasteiger partial charge in [-0.15, -0.1) is 11.6 Å². The fraction of sp³-hybridized carbons (Fsp3) is 0.667. The second kappa shape index (κ2) is 7.93. The maximum Gasteiger partial charge on any atom is 0.123 e. The third-order valence-corrected chi connectivity index (χ3v) is 4.92. The number of ether oxygens (including phenoxy) is 1. The Morgan fingerprint density at radius 2 is 1.80 bits per heavy atom. The molecule has 0 saturated heterocycles. The van der Waals surface area contributed by atoms with Crippen LogP contribution in [0.5, 0.6) is 5.75 Å². The first-order valence-electron chi connectivity index (χ1n) is 8.09. The van der Waals surface area contributed by atoms with E-state index in [-0.39, 0.29) is 5.38 Å². The van der Waals surface area contributed by atoms with Crippen LogP contribution in [0, 0.1) is 12.8 Å². The lowest BCUT2D eigenvalue weighted by Gasteiger charge is -2.26. The van der Waals surface area contributed by atoms with Gasteiger partial charge in [0.1, 0.15) is 5.75 Å². The highest BCUT2D eigenvalue weighted by Crippen LogP contribution is 2.41. The molecule has 0 aliphatic heterocycles. The molecule has 1 atom stereocenters. The molecule has 1 saturated carbocycles. The third-order valence-electron chi connectivity index (χ3n) is 4.33. The van der Waals surface area contributed by atoms with Gasteiger partial charge in [-0.1, -0.05) is 49.8 Å². The van der Waals surface area contributed by atoms with E-state index in [0.717, 1.165) is 5.75 Å². The van der Waals surface area contributed by atoms with Crippen molar-refractivity contribution in [2.45, 2.75) is 64.2 Å². The molecule has 0 amide bonds. The maximum absolute atomic E-state index is 6.84. The second-order valence-corrected chi connectivity index (χ2v) is 6.45. The van der Waals surface area contributed by atoms with E-state index in [2.05, 4.69) is 25.1 Å². The molecule has 1 aliphatic carbocycles. The highest BCUT2D eigenvalue weighted by Gasteiger charge is 2.24. The van der Waals surface area contributed by atoms with Gasteiger partial charge in [0.2, 0.25) is 0 Å². The molecule has 0 aromatic heterocycles. The number of benzene rings is 1. The first-order valence-corrected chi connectivity index (χ1v) is 8.53. The van der Waals surface area contributed by atoms with E-state index < -0.39 is 0 Å². The first kappa shape index (κ1) is 15.7. The maximum atomic E-state index is 6.84. The van der Waals surface area contributed by atoms with Crippen molar-refractivity contribution >= 4 is 11.6 Å². The Kier molecular flexibility index (Phi) is 6.22. The van der Waals surface area contributed by atoms with Crippen LogP contribution in [-0.4, -0.2) is 6.61 Å². The van der Waals surface area contributed by atoms with Crippen molar-refractivity contribution in [3.63, 3.8) is 0 Å². The summed E-state index contributed by atoms with van der Waals surface area (Å²) < 4.78 is 5.78. The van der Waals surface area contributed by atoms with E-state index >= 15 is 0 Å². The lowest BCUT2D eigenvalue weighted by atomic mass is 9.85. The van der Waals surface area contributed by atoms with Gasteiger partial charge in [0.05, 0.1) is 12.0 Å². The molecule has 20 heavy (non-hydrogen) atoms. The molecule has 0 N–H and O–H groups in total. The van der Waals surface area contributed by atoms with Crippen LogP contribution in [0.15, 0.2) is 18.2 Å². The molecule has 2 heteroatoms.